The Morgan fingerprint density at radius 2 is 2.50 bits per heavy atom. The normalized spacial score (nSPS) is 12.0. The minimum absolute atomic E-state index is 0.273. The molecular formula is C5H7N. The summed E-state index contributed by atoms with van der Waals surface area (Å²) in [4.78, 5) is 0. The monoisotopic (exact) mass is 81.1 g/mol. The molecule has 2 N–H and O–H groups in total. The summed E-state index contributed by atoms with van der Waals surface area (Å²) in [6, 6.07) is -0.273. The first kappa shape index (κ1) is 5.26. The summed E-state index contributed by atoms with van der Waals surface area (Å²) < 4.78 is 0. The molecule has 1 unspecified atom stereocenters. The maximum absolute atomic E-state index is 5.12. The quantitative estimate of drug-likeness (QED) is 0.352. The fraction of sp³-hybridized carbons (Fsp3) is 0.200. The highest BCUT2D eigenvalue weighted by Gasteiger charge is 1.79. The molecule has 0 fully saturated rings. The Kier molecular flexibility index (Phi) is 2.19. The van der Waals surface area contributed by atoms with Crippen LogP contribution in [0.5, 0.6) is 0 Å². The maximum atomic E-state index is 5.12. The van der Waals surface area contributed by atoms with Crippen LogP contribution in [-0.4, -0.2) is 6.04 Å². The molecular weight excluding hydrogens is 74.1 g/mol. The van der Waals surface area contributed by atoms with E-state index in [4.69, 9.17) is 12.2 Å². The Morgan fingerprint density at radius 3 is 2.50 bits per heavy atom. The lowest BCUT2D eigenvalue weighted by atomic mass is 10.3. The van der Waals surface area contributed by atoms with Gasteiger partial charge in [0.25, 0.3) is 0 Å². The van der Waals surface area contributed by atoms with Gasteiger partial charge in [0, 0.05) is 0 Å². The first-order valence-electron chi connectivity index (χ1n) is 1.65. The van der Waals surface area contributed by atoms with Gasteiger partial charge in [-0.15, -0.1) is 13.0 Å². The molecule has 0 aliphatic heterocycles. The van der Waals surface area contributed by atoms with Crippen molar-refractivity contribution >= 4 is 0 Å². The van der Waals surface area contributed by atoms with Crippen molar-refractivity contribution < 1.29 is 0 Å². The molecule has 0 heterocycles. The molecule has 0 radical (unpaired) electrons. The van der Waals surface area contributed by atoms with E-state index in [1.807, 2.05) is 0 Å². The summed E-state index contributed by atoms with van der Waals surface area (Å²) in [5, 5.41) is 0. The predicted molar refractivity (Wildman–Crippen MR) is 27.0 cm³/mol. The van der Waals surface area contributed by atoms with Crippen LogP contribution in [0.3, 0.4) is 0 Å². The van der Waals surface area contributed by atoms with E-state index in [1.54, 1.807) is 0 Å². The van der Waals surface area contributed by atoms with Gasteiger partial charge < -0.3 is 5.73 Å². The molecule has 0 bridgehead atoms. The number of rotatable bonds is 1. The van der Waals surface area contributed by atoms with E-state index in [1.165, 1.54) is 6.08 Å². The van der Waals surface area contributed by atoms with Crippen molar-refractivity contribution in [1.29, 1.82) is 0 Å². The Bertz CT molecular complexity index is 78.4. The Morgan fingerprint density at radius 1 is 2.00 bits per heavy atom. The van der Waals surface area contributed by atoms with Crippen molar-refractivity contribution in [2.45, 2.75) is 6.04 Å². The molecule has 0 saturated carbocycles. The second-order valence-corrected chi connectivity index (χ2v) is 0.928. The molecule has 0 amide bonds. The summed E-state index contributed by atoms with van der Waals surface area (Å²) >= 11 is 0. The topological polar surface area (TPSA) is 26.0 Å². The predicted octanol–water partition coefficient (Wildman–Crippen LogP) is 0.133. The van der Waals surface area contributed by atoms with Gasteiger partial charge in [0.15, 0.2) is 0 Å². The van der Waals surface area contributed by atoms with Crippen LogP contribution in [-0.2, 0) is 0 Å². The average Bonchev–Trinajstić information content (AvgIpc) is 1.65. The summed E-state index contributed by atoms with van der Waals surface area (Å²) in [6.07, 6.45) is 6.35. The number of hydrogen-bond donors (Lipinski definition) is 1. The molecule has 0 aromatic heterocycles. The third-order valence-electron chi connectivity index (χ3n) is 0.446. The molecule has 0 rings (SSSR count). The Hall–Kier alpha value is -0.740. The van der Waals surface area contributed by atoms with E-state index in [0.29, 0.717) is 0 Å². The zero-order valence-corrected chi connectivity index (χ0v) is 3.52. The Balaban J connectivity index is 3.30. The molecule has 0 aliphatic rings. The van der Waals surface area contributed by atoms with Crippen LogP contribution in [0.2, 0.25) is 0 Å². The first-order chi connectivity index (χ1) is 2.81. The minimum Gasteiger partial charge on any atom is -0.314 e. The Labute approximate surface area is 37.8 Å². The maximum Gasteiger partial charge on any atom is 0.0845 e. The standard InChI is InChI=1S/C5H7N/c1-3-5(6)4-2/h1,4-5H,2,6H2. The molecule has 1 nitrogen and oxygen atoms in total. The van der Waals surface area contributed by atoms with Crippen LogP contribution in [0.1, 0.15) is 0 Å². The van der Waals surface area contributed by atoms with E-state index in [-0.39, 0.29) is 6.04 Å². The van der Waals surface area contributed by atoms with E-state index >= 15 is 0 Å². The highest BCUT2D eigenvalue weighted by Crippen LogP contribution is 1.68. The van der Waals surface area contributed by atoms with Gasteiger partial charge in [-0.05, 0) is 0 Å². The lowest BCUT2D eigenvalue weighted by Crippen LogP contribution is -2.11. The molecule has 6 heavy (non-hydrogen) atoms. The van der Waals surface area contributed by atoms with Crippen LogP contribution in [0.25, 0.3) is 0 Å². The van der Waals surface area contributed by atoms with Crippen LogP contribution < -0.4 is 5.73 Å². The summed E-state index contributed by atoms with van der Waals surface area (Å²) in [5.74, 6) is 2.27. The van der Waals surface area contributed by atoms with Gasteiger partial charge in [-0.3, -0.25) is 0 Å². The first-order valence-corrected chi connectivity index (χ1v) is 1.65. The van der Waals surface area contributed by atoms with Crippen molar-refractivity contribution in [2.24, 2.45) is 5.73 Å². The van der Waals surface area contributed by atoms with Gasteiger partial charge in [-0.1, -0.05) is 12.0 Å². The van der Waals surface area contributed by atoms with Gasteiger partial charge in [0.05, 0.1) is 6.04 Å². The fourth-order valence-corrected chi connectivity index (χ4v) is 0.0680. The van der Waals surface area contributed by atoms with Crippen LogP contribution in [0.15, 0.2) is 12.7 Å². The van der Waals surface area contributed by atoms with Crippen molar-refractivity contribution in [3.05, 3.63) is 12.7 Å². The van der Waals surface area contributed by atoms with Gasteiger partial charge >= 0.3 is 0 Å². The van der Waals surface area contributed by atoms with Gasteiger partial charge in [-0.2, -0.15) is 0 Å². The van der Waals surface area contributed by atoms with Crippen molar-refractivity contribution in [3.63, 3.8) is 0 Å². The van der Waals surface area contributed by atoms with E-state index in [2.05, 4.69) is 12.5 Å². The third-order valence-corrected chi connectivity index (χ3v) is 0.446. The zero-order chi connectivity index (χ0) is 4.99. The molecule has 1 heteroatoms. The second kappa shape index (κ2) is 2.49. The molecule has 0 aromatic rings. The fourth-order valence-electron chi connectivity index (χ4n) is 0.0680. The highest BCUT2D eigenvalue weighted by atomic mass is 14.6. The molecule has 0 spiro atoms. The van der Waals surface area contributed by atoms with Gasteiger partial charge in [-0.25, -0.2) is 0 Å². The largest absolute Gasteiger partial charge is 0.314 e. The van der Waals surface area contributed by atoms with Crippen molar-refractivity contribution in [3.8, 4) is 12.3 Å². The van der Waals surface area contributed by atoms with Crippen LogP contribution in [0.4, 0.5) is 0 Å². The van der Waals surface area contributed by atoms with Crippen LogP contribution in [0, 0.1) is 12.3 Å². The number of hydrogen-bond acceptors (Lipinski definition) is 1. The lowest BCUT2D eigenvalue weighted by molar-refractivity contribution is 1.07. The van der Waals surface area contributed by atoms with E-state index in [0.717, 1.165) is 0 Å². The third kappa shape index (κ3) is 1.57. The van der Waals surface area contributed by atoms with Crippen LogP contribution >= 0.6 is 0 Å². The smallest absolute Gasteiger partial charge is 0.0845 e. The summed E-state index contributed by atoms with van der Waals surface area (Å²) in [7, 11) is 0. The number of nitrogens with two attached hydrogens (primary N) is 1. The van der Waals surface area contributed by atoms with E-state index in [9.17, 15) is 0 Å². The summed E-state index contributed by atoms with van der Waals surface area (Å²) in [6.45, 7) is 3.36. The second-order valence-electron chi connectivity index (χ2n) is 0.928. The number of terminal acetylenes is 1. The van der Waals surface area contributed by atoms with Crippen molar-refractivity contribution in [1.82, 2.24) is 0 Å². The average molecular weight is 81.1 g/mol. The lowest BCUT2D eigenvalue weighted by Gasteiger charge is -1.86. The summed E-state index contributed by atoms with van der Waals surface area (Å²) in [5.41, 5.74) is 5.12. The minimum atomic E-state index is -0.273. The van der Waals surface area contributed by atoms with Crippen molar-refractivity contribution in [2.75, 3.05) is 0 Å². The zero-order valence-electron chi connectivity index (χ0n) is 3.52. The van der Waals surface area contributed by atoms with E-state index < -0.39 is 0 Å². The molecule has 0 aromatic carbocycles. The molecule has 0 saturated heterocycles. The molecule has 32 valence electrons. The molecule has 0 aliphatic carbocycles. The van der Waals surface area contributed by atoms with Gasteiger partial charge in [0.1, 0.15) is 0 Å². The molecule has 1 atom stereocenters. The highest BCUT2D eigenvalue weighted by molar-refractivity contribution is 5.05. The van der Waals surface area contributed by atoms with Gasteiger partial charge in [0.2, 0.25) is 0 Å². The SMILES string of the molecule is C#CC(N)C=C.